The number of fused-ring (bicyclic) bond motifs is 1. The van der Waals surface area contributed by atoms with Gasteiger partial charge in [0.05, 0.1) is 5.56 Å². The molecule has 1 aromatic heterocycles. The first-order valence-electron chi connectivity index (χ1n) is 6.29. The third kappa shape index (κ3) is 2.29. The lowest BCUT2D eigenvalue weighted by Crippen LogP contribution is -2.06. The van der Waals surface area contributed by atoms with Crippen molar-refractivity contribution in [1.29, 1.82) is 0 Å². The average molecular weight is 292 g/mol. The Bertz CT molecular complexity index is 824. The van der Waals surface area contributed by atoms with Gasteiger partial charge in [0.2, 0.25) is 0 Å². The van der Waals surface area contributed by atoms with Gasteiger partial charge in [0.15, 0.2) is 0 Å². The van der Waals surface area contributed by atoms with Crippen LogP contribution in [0.3, 0.4) is 0 Å². The van der Waals surface area contributed by atoms with Crippen molar-refractivity contribution in [3.05, 3.63) is 70.7 Å². The van der Waals surface area contributed by atoms with Crippen molar-refractivity contribution in [3.63, 3.8) is 0 Å². The van der Waals surface area contributed by atoms with E-state index in [0.29, 0.717) is 11.0 Å². The van der Waals surface area contributed by atoms with Crippen molar-refractivity contribution in [2.24, 2.45) is 0 Å². The zero-order valence-electron chi connectivity index (χ0n) is 11.0. The lowest BCUT2D eigenvalue weighted by atomic mass is 10.0. The van der Waals surface area contributed by atoms with E-state index in [1.165, 1.54) is 37.3 Å². The molecule has 3 aromatic rings. The Kier molecular flexibility index (Phi) is 3.22. The molecule has 0 aliphatic rings. The zero-order chi connectivity index (χ0) is 15.1. The summed E-state index contributed by atoms with van der Waals surface area (Å²) < 4.78 is 46.3. The number of rotatable bonds is 2. The molecule has 0 bridgehead atoms. The highest BCUT2D eigenvalue weighted by Gasteiger charge is 2.24. The summed E-state index contributed by atoms with van der Waals surface area (Å²) >= 11 is 0. The molecule has 1 atom stereocenters. The molecule has 0 saturated carbocycles. The van der Waals surface area contributed by atoms with E-state index in [2.05, 4.69) is 0 Å². The van der Waals surface area contributed by atoms with E-state index in [1.54, 1.807) is 0 Å². The second-order valence-electron chi connectivity index (χ2n) is 4.83. The van der Waals surface area contributed by atoms with E-state index in [1.807, 2.05) is 0 Å². The number of furan rings is 1. The monoisotopic (exact) mass is 292 g/mol. The minimum atomic E-state index is -1.60. The predicted octanol–water partition coefficient (Wildman–Crippen LogP) is 4.24. The lowest BCUT2D eigenvalue weighted by molar-refractivity contribution is 0.182. The van der Waals surface area contributed by atoms with Crippen molar-refractivity contribution in [3.8, 4) is 0 Å². The van der Waals surface area contributed by atoms with Crippen LogP contribution in [0.4, 0.5) is 13.2 Å². The summed E-state index contributed by atoms with van der Waals surface area (Å²) in [6.07, 6.45) is -1.60. The number of halogens is 3. The standard InChI is InChI=1S/C16H11F3O2/c1-8-2-4-11(18)14(15(8)19)16(20)13-7-9-6-10(17)3-5-12(9)21-13/h2-7,16,20H,1H3. The Morgan fingerprint density at radius 2 is 1.81 bits per heavy atom. The molecule has 1 unspecified atom stereocenters. The number of hydrogen-bond donors (Lipinski definition) is 1. The van der Waals surface area contributed by atoms with Gasteiger partial charge in [-0.1, -0.05) is 6.07 Å². The molecule has 0 amide bonds. The van der Waals surface area contributed by atoms with Crippen LogP contribution in [0, 0.1) is 24.4 Å². The molecule has 21 heavy (non-hydrogen) atoms. The highest BCUT2D eigenvalue weighted by Crippen LogP contribution is 2.32. The fourth-order valence-corrected chi connectivity index (χ4v) is 2.24. The smallest absolute Gasteiger partial charge is 0.142 e. The molecule has 108 valence electrons. The molecule has 0 aliphatic heterocycles. The minimum absolute atomic E-state index is 0.0426. The first kappa shape index (κ1) is 13.7. The van der Waals surface area contributed by atoms with Gasteiger partial charge in [-0.2, -0.15) is 0 Å². The van der Waals surface area contributed by atoms with Gasteiger partial charge >= 0.3 is 0 Å². The van der Waals surface area contributed by atoms with Gasteiger partial charge in [-0.25, -0.2) is 13.2 Å². The zero-order valence-corrected chi connectivity index (χ0v) is 11.0. The van der Waals surface area contributed by atoms with Crippen LogP contribution in [-0.2, 0) is 0 Å². The quantitative estimate of drug-likeness (QED) is 0.766. The van der Waals surface area contributed by atoms with Gasteiger partial charge in [0.25, 0.3) is 0 Å². The summed E-state index contributed by atoms with van der Waals surface area (Å²) in [5, 5.41) is 10.6. The molecule has 0 spiro atoms. The van der Waals surface area contributed by atoms with Gasteiger partial charge in [-0.15, -0.1) is 0 Å². The van der Waals surface area contributed by atoms with Crippen LogP contribution in [0.5, 0.6) is 0 Å². The largest absolute Gasteiger partial charge is 0.458 e. The first-order valence-corrected chi connectivity index (χ1v) is 6.29. The molecule has 0 aliphatic carbocycles. The average Bonchev–Trinajstić information content (AvgIpc) is 2.86. The van der Waals surface area contributed by atoms with Crippen LogP contribution >= 0.6 is 0 Å². The van der Waals surface area contributed by atoms with E-state index in [9.17, 15) is 18.3 Å². The van der Waals surface area contributed by atoms with E-state index in [-0.39, 0.29) is 11.3 Å². The molecule has 2 nitrogen and oxygen atoms in total. The Morgan fingerprint density at radius 3 is 2.57 bits per heavy atom. The number of hydrogen-bond acceptors (Lipinski definition) is 2. The maximum Gasteiger partial charge on any atom is 0.142 e. The summed E-state index contributed by atoms with van der Waals surface area (Å²) in [4.78, 5) is 0. The third-order valence-electron chi connectivity index (χ3n) is 3.36. The van der Waals surface area contributed by atoms with Crippen LogP contribution in [-0.4, -0.2) is 5.11 Å². The van der Waals surface area contributed by atoms with Crippen LogP contribution < -0.4 is 0 Å². The predicted molar refractivity (Wildman–Crippen MR) is 71.3 cm³/mol. The second-order valence-corrected chi connectivity index (χ2v) is 4.83. The maximum atomic E-state index is 14.0. The number of aryl methyl sites for hydroxylation is 1. The highest BCUT2D eigenvalue weighted by molar-refractivity contribution is 5.78. The topological polar surface area (TPSA) is 33.4 Å². The number of aliphatic hydroxyl groups excluding tert-OH is 1. The lowest BCUT2D eigenvalue weighted by Gasteiger charge is -2.11. The molecule has 0 saturated heterocycles. The molecule has 3 rings (SSSR count). The van der Waals surface area contributed by atoms with Crippen molar-refractivity contribution >= 4 is 11.0 Å². The molecule has 5 heteroatoms. The first-order chi connectivity index (χ1) is 9.97. The van der Waals surface area contributed by atoms with Gasteiger partial charge in [-0.3, -0.25) is 0 Å². The van der Waals surface area contributed by atoms with Gasteiger partial charge in [0, 0.05) is 5.39 Å². The van der Waals surface area contributed by atoms with Crippen LogP contribution in [0.2, 0.25) is 0 Å². The Balaban J connectivity index is 2.12. The van der Waals surface area contributed by atoms with Crippen LogP contribution in [0.25, 0.3) is 11.0 Å². The third-order valence-corrected chi connectivity index (χ3v) is 3.36. The Morgan fingerprint density at radius 1 is 1.05 bits per heavy atom. The van der Waals surface area contributed by atoms with E-state index in [0.717, 1.165) is 6.07 Å². The van der Waals surface area contributed by atoms with E-state index in [4.69, 9.17) is 4.42 Å². The fourth-order valence-electron chi connectivity index (χ4n) is 2.24. The van der Waals surface area contributed by atoms with Crippen LogP contribution in [0.1, 0.15) is 23.0 Å². The SMILES string of the molecule is Cc1ccc(F)c(C(O)c2cc3cc(F)ccc3o2)c1F. The fraction of sp³-hybridized carbons (Fsp3) is 0.125. The normalized spacial score (nSPS) is 12.8. The van der Waals surface area contributed by atoms with Crippen molar-refractivity contribution < 1.29 is 22.7 Å². The summed E-state index contributed by atoms with van der Waals surface area (Å²) in [6, 6.07) is 7.55. The van der Waals surface area contributed by atoms with Gasteiger partial charge in [-0.05, 0) is 42.8 Å². The van der Waals surface area contributed by atoms with Crippen molar-refractivity contribution in [1.82, 2.24) is 0 Å². The van der Waals surface area contributed by atoms with Gasteiger partial charge in [0.1, 0.15) is 34.9 Å². The maximum absolute atomic E-state index is 14.0. The summed E-state index contributed by atoms with van der Waals surface area (Å²) in [5.41, 5.74) is 0.0704. The highest BCUT2D eigenvalue weighted by atomic mass is 19.1. The molecule has 1 N–H and O–H groups in total. The Labute approximate surface area is 118 Å². The summed E-state index contributed by atoms with van der Waals surface area (Å²) in [6.45, 7) is 1.47. The minimum Gasteiger partial charge on any atom is -0.458 e. The molecular weight excluding hydrogens is 281 g/mol. The molecule has 0 fully saturated rings. The summed E-state index contributed by atoms with van der Waals surface area (Å²) in [7, 11) is 0. The second kappa shape index (κ2) is 4.93. The Hall–Kier alpha value is -2.27. The summed E-state index contributed by atoms with van der Waals surface area (Å²) in [5.74, 6) is -2.19. The van der Waals surface area contributed by atoms with E-state index < -0.39 is 29.1 Å². The molecule has 2 aromatic carbocycles. The van der Waals surface area contributed by atoms with Gasteiger partial charge < -0.3 is 9.52 Å². The number of aliphatic hydroxyl groups is 1. The van der Waals surface area contributed by atoms with Crippen LogP contribution in [0.15, 0.2) is 40.8 Å². The van der Waals surface area contributed by atoms with E-state index >= 15 is 0 Å². The van der Waals surface area contributed by atoms with Crippen molar-refractivity contribution in [2.45, 2.75) is 13.0 Å². The molecule has 0 radical (unpaired) electrons. The number of benzene rings is 2. The molecule has 1 heterocycles. The molecular formula is C16H11F3O2. The van der Waals surface area contributed by atoms with Crippen molar-refractivity contribution in [2.75, 3.05) is 0 Å².